The Kier molecular flexibility index (Phi) is 6.39. The number of hydrogen-bond donors (Lipinski definition) is 1. The summed E-state index contributed by atoms with van der Waals surface area (Å²) in [5.41, 5.74) is 1.84. The minimum Gasteiger partial charge on any atom is -0.435 e. The summed E-state index contributed by atoms with van der Waals surface area (Å²) in [6, 6.07) is 8.20. The third kappa shape index (κ3) is 5.50. The van der Waals surface area contributed by atoms with Crippen molar-refractivity contribution in [3.05, 3.63) is 51.7 Å². The van der Waals surface area contributed by atoms with Crippen LogP contribution >= 0.6 is 11.3 Å². The molecule has 1 aromatic heterocycles. The molecule has 1 aromatic carbocycles. The number of ether oxygens (including phenoxy) is 1. The van der Waals surface area contributed by atoms with Gasteiger partial charge in [0, 0.05) is 37.4 Å². The van der Waals surface area contributed by atoms with Crippen LogP contribution in [0.1, 0.15) is 28.8 Å². The highest BCUT2D eigenvalue weighted by atomic mass is 32.1. The Balaban J connectivity index is 1.41. The second kappa shape index (κ2) is 8.94. The van der Waals surface area contributed by atoms with E-state index in [0.29, 0.717) is 18.7 Å². The molecule has 1 N–H and O–H groups in total. The lowest BCUT2D eigenvalue weighted by atomic mass is 10.1. The molecule has 0 saturated carbocycles. The molecule has 8 heteroatoms. The highest BCUT2D eigenvalue weighted by Crippen LogP contribution is 2.24. The van der Waals surface area contributed by atoms with Gasteiger partial charge >= 0.3 is 6.61 Å². The van der Waals surface area contributed by atoms with Crippen LogP contribution in [0.4, 0.5) is 8.78 Å². The molecule has 27 heavy (non-hydrogen) atoms. The van der Waals surface area contributed by atoms with Crippen LogP contribution in [0.3, 0.4) is 0 Å². The van der Waals surface area contributed by atoms with Gasteiger partial charge in [-0.15, -0.1) is 11.3 Å². The fourth-order valence-corrected chi connectivity index (χ4v) is 3.85. The molecule has 144 valence electrons. The minimum atomic E-state index is -2.89. The fourth-order valence-electron chi connectivity index (χ4n) is 2.96. The maximum atomic E-state index is 12.3. The number of hydrogen-bond acceptors (Lipinski definition) is 4. The lowest BCUT2D eigenvalue weighted by Crippen LogP contribution is -2.36. The molecule has 0 aliphatic carbocycles. The summed E-state index contributed by atoms with van der Waals surface area (Å²) in [5, 5.41) is 4.73. The number of carbonyl (C=O) groups is 2. The van der Waals surface area contributed by atoms with Crippen molar-refractivity contribution in [2.45, 2.75) is 39.0 Å². The molecule has 1 aliphatic rings. The van der Waals surface area contributed by atoms with Crippen molar-refractivity contribution < 1.29 is 23.1 Å². The number of nitrogens with one attached hydrogen (secondary N) is 1. The van der Waals surface area contributed by atoms with Crippen LogP contribution in [-0.2, 0) is 29.1 Å². The fraction of sp³-hybridized carbons (Fsp3) is 0.368. The maximum Gasteiger partial charge on any atom is 0.387 e. The van der Waals surface area contributed by atoms with Crippen molar-refractivity contribution in [1.82, 2.24) is 10.2 Å². The Bertz CT molecular complexity index is 810. The molecule has 0 bridgehead atoms. The number of carbonyl (C=O) groups excluding carboxylic acids is 2. The van der Waals surface area contributed by atoms with Crippen LogP contribution in [0.5, 0.6) is 5.75 Å². The van der Waals surface area contributed by atoms with Crippen LogP contribution in [0, 0.1) is 0 Å². The van der Waals surface area contributed by atoms with Crippen LogP contribution in [0.2, 0.25) is 0 Å². The lowest BCUT2D eigenvalue weighted by Gasteiger charge is -2.27. The zero-order chi connectivity index (χ0) is 19.2. The van der Waals surface area contributed by atoms with Gasteiger partial charge in [0.2, 0.25) is 11.8 Å². The molecule has 0 fully saturated rings. The first-order valence-electron chi connectivity index (χ1n) is 8.65. The average Bonchev–Trinajstić information content (AvgIpc) is 3.12. The van der Waals surface area contributed by atoms with E-state index < -0.39 is 6.61 Å². The summed E-state index contributed by atoms with van der Waals surface area (Å²) in [7, 11) is 0. The molecule has 2 amide bonds. The number of nitrogens with zero attached hydrogens (tertiary/aromatic N) is 1. The van der Waals surface area contributed by atoms with Crippen molar-refractivity contribution >= 4 is 23.2 Å². The van der Waals surface area contributed by atoms with Gasteiger partial charge in [0.25, 0.3) is 0 Å². The summed E-state index contributed by atoms with van der Waals surface area (Å²) in [6.07, 6.45) is 1.11. The van der Waals surface area contributed by atoms with Crippen molar-refractivity contribution in [1.29, 1.82) is 0 Å². The summed E-state index contributed by atoms with van der Waals surface area (Å²) >= 11 is 1.71. The number of thiophene rings is 1. The largest absolute Gasteiger partial charge is 0.435 e. The molecule has 0 atom stereocenters. The summed E-state index contributed by atoms with van der Waals surface area (Å²) in [4.78, 5) is 27.4. The van der Waals surface area contributed by atoms with E-state index in [9.17, 15) is 18.4 Å². The highest BCUT2D eigenvalue weighted by Gasteiger charge is 2.21. The summed E-state index contributed by atoms with van der Waals surface area (Å²) < 4.78 is 28.8. The number of benzene rings is 1. The minimum absolute atomic E-state index is 0.0330. The monoisotopic (exact) mass is 394 g/mol. The predicted octanol–water partition coefficient (Wildman–Crippen LogP) is 3.33. The van der Waals surface area contributed by atoms with Crippen molar-refractivity contribution in [2.75, 3.05) is 6.54 Å². The Labute approximate surface area is 159 Å². The Hall–Kier alpha value is -2.48. The molecule has 0 spiro atoms. The van der Waals surface area contributed by atoms with Gasteiger partial charge in [-0.05, 0) is 41.1 Å². The molecule has 2 aromatic rings. The first-order valence-corrected chi connectivity index (χ1v) is 9.52. The molecular formula is C19H20F2N2O3S. The summed E-state index contributed by atoms with van der Waals surface area (Å²) in [5.74, 6) is -0.240. The van der Waals surface area contributed by atoms with E-state index in [1.807, 2.05) is 11.4 Å². The van der Waals surface area contributed by atoms with Crippen molar-refractivity contribution in [3.8, 4) is 5.75 Å². The Morgan fingerprint density at radius 1 is 1.26 bits per heavy atom. The van der Waals surface area contributed by atoms with Crippen LogP contribution in [0.25, 0.3) is 0 Å². The molecule has 0 radical (unpaired) electrons. The maximum absolute atomic E-state index is 12.3. The van der Waals surface area contributed by atoms with Gasteiger partial charge in [-0.3, -0.25) is 9.59 Å². The van der Waals surface area contributed by atoms with Crippen LogP contribution in [0.15, 0.2) is 35.7 Å². The highest BCUT2D eigenvalue weighted by molar-refractivity contribution is 7.10. The first-order chi connectivity index (χ1) is 13.0. The molecule has 5 nitrogen and oxygen atoms in total. The molecule has 1 aliphatic heterocycles. The number of alkyl halides is 2. The van der Waals surface area contributed by atoms with E-state index in [4.69, 9.17) is 0 Å². The standard InChI is InChI=1S/C19H20F2N2O3S/c20-19(21)26-15-3-1-2-13(10-15)11-22-17(24)4-5-18(25)23-8-6-16-14(12-23)7-9-27-16/h1-3,7,9-10,19H,4-6,8,11-12H2,(H,22,24). The molecule has 3 rings (SSSR count). The number of fused-ring (bicyclic) bond motifs is 1. The van der Waals surface area contributed by atoms with Gasteiger partial charge in [-0.1, -0.05) is 12.1 Å². The first kappa shape index (κ1) is 19.3. The van der Waals surface area contributed by atoms with Crippen LogP contribution < -0.4 is 10.1 Å². The molecule has 2 heterocycles. The van der Waals surface area contributed by atoms with Gasteiger partial charge in [0.15, 0.2) is 0 Å². The smallest absolute Gasteiger partial charge is 0.387 e. The Morgan fingerprint density at radius 3 is 2.93 bits per heavy atom. The quantitative estimate of drug-likeness (QED) is 0.784. The number of halogens is 2. The zero-order valence-corrected chi connectivity index (χ0v) is 15.4. The lowest BCUT2D eigenvalue weighted by molar-refractivity contribution is -0.134. The van der Waals surface area contributed by atoms with E-state index in [-0.39, 0.29) is 37.0 Å². The predicted molar refractivity (Wildman–Crippen MR) is 97.6 cm³/mol. The van der Waals surface area contributed by atoms with Gasteiger partial charge in [-0.2, -0.15) is 8.78 Å². The van der Waals surface area contributed by atoms with E-state index in [1.54, 1.807) is 28.4 Å². The van der Waals surface area contributed by atoms with Gasteiger partial charge < -0.3 is 15.0 Å². The van der Waals surface area contributed by atoms with Crippen molar-refractivity contribution in [2.24, 2.45) is 0 Å². The number of amides is 2. The third-order valence-electron chi connectivity index (χ3n) is 4.34. The topological polar surface area (TPSA) is 58.6 Å². The van der Waals surface area contributed by atoms with Crippen molar-refractivity contribution in [3.63, 3.8) is 0 Å². The normalized spacial score (nSPS) is 13.4. The molecular weight excluding hydrogens is 374 g/mol. The van der Waals surface area contributed by atoms with E-state index >= 15 is 0 Å². The SMILES string of the molecule is O=C(CCC(=O)N1CCc2sccc2C1)NCc1cccc(OC(F)F)c1. The summed E-state index contributed by atoms with van der Waals surface area (Å²) in [6.45, 7) is -1.41. The van der Waals surface area contributed by atoms with Crippen LogP contribution in [-0.4, -0.2) is 29.9 Å². The number of rotatable bonds is 7. The Morgan fingerprint density at radius 2 is 2.11 bits per heavy atom. The van der Waals surface area contributed by atoms with Gasteiger partial charge in [-0.25, -0.2) is 0 Å². The zero-order valence-electron chi connectivity index (χ0n) is 14.6. The van der Waals surface area contributed by atoms with E-state index in [2.05, 4.69) is 10.1 Å². The second-order valence-electron chi connectivity index (χ2n) is 6.24. The van der Waals surface area contributed by atoms with Gasteiger partial charge in [0.1, 0.15) is 5.75 Å². The molecule has 0 unspecified atom stereocenters. The van der Waals surface area contributed by atoms with E-state index in [0.717, 1.165) is 6.42 Å². The average molecular weight is 394 g/mol. The van der Waals surface area contributed by atoms with E-state index in [1.165, 1.54) is 22.6 Å². The molecule has 0 saturated heterocycles. The van der Waals surface area contributed by atoms with Gasteiger partial charge in [0.05, 0.1) is 0 Å². The second-order valence-corrected chi connectivity index (χ2v) is 7.24. The third-order valence-corrected chi connectivity index (χ3v) is 5.36.